The van der Waals surface area contributed by atoms with Gasteiger partial charge in [-0.2, -0.15) is 0 Å². The number of carbonyl (C=O) groups is 2. The first-order valence-corrected chi connectivity index (χ1v) is 7.20. The number of benzene rings is 1. The van der Waals surface area contributed by atoms with Crippen LogP contribution in [0.3, 0.4) is 0 Å². The first-order valence-electron chi connectivity index (χ1n) is 7.20. The first-order chi connectivity index (χ1) is 10.0. The van der Waals surface area contributed by atoms with Crippen LogP contribution in [0.1, 0.15) is 33.6 Å². The molecule has 21 heavy (non-hydrogen) atoms. The molecule has 2 aliphatic carbocycles. The summed E-state index contributed by atoms with van der Waals surface area (Å²) in [5.74, 6) is 0.847. The second-order valence-electron chi connectivity index (χ2n) is 5.95. The molecule has 1 aromatic rings. The predicted octanol–water partition coefficient (Wildman–Crippen LogP) is 1.51. The van der Waals surface area contributed by atoms with Crippen LogP contribution in [0, 0.1) is 17.8 Å². The molecule has 0 aromatic heterocycles. The predicted molar refractivity (Wildman–Crippen MR) is 80.8 cm³/mol. The van der Waals surface area contributed by atoms with Gasteiger partial charge in [-0.15, -0.1) is 0 Å². The Balaban J connectivity index is 1.73. The van der Waals surface area contributed by atoms with E-state index in [2.05, 4.69) is 17.5 Å². The van der Waals surface area contributed by atoms with E-state index >= 15 is 0 Å². The number of nitrogens with one attached hydrogen (secondary N) is 1. The molecule has 3 rings (SSSR count). The van der Waals surface area contributed by atoms with Crippen molar-refractivity contribution in [2.75, 3.05) is 11.9 Å². The number of nitrogens with two attached hydrogens (primary N) is 2. The zero-order valence-corrected chi connectivity index (χ0v) is 11.7. The fourth-order valence-corrected chi connectivity index (χ4v) is 3.39. The van der Waals surface area contributed by atoms with Gasteiger partial charge >= 0.3 is 0 Å². The number of fused-ring (bicyclic) bond motifs is 2. The zero-order valence-electron chi connectivity index (χ0n) is 11.7. The highest BCUT2D eigenvalue weighted by Crippen LogP contribution is 2.43. The van der Waals surface area contributed by atoms with Gasteiger partial charge in [0.1, 0.15) is 0 Å². The van der Waals surface area contributed by atoms with E-state index < -0.39 is 11.8 Å². The largest absolute Gasteiger partial charge is 0.385 e. The number of hydrogen-bond acceptors (Lipinski definition) is 3. The normalized spacial score (nSPS) is 26.0. The van der Waals surface area contributed by atoms with Crippen LogP contribution in [0.15, 0.2) is 30.4 Å². The molecule has 0 aliphatic heterocycles. The molecule has 0 radical (unpaired) electrons. The highest BCUT2D eigenvalue weighted by Gasteiger charge is 2.35. The van der Waals surface area contributed by atoms with Crippen LogP contribution in [-0.4, -0.2) is 18.4 Å². The van der Waals surface area contributed by atoms with Gasteiger partial charge in [0, 0.05) is 23.4 Å². The lowest BCUT2D eigenvalue weighted by Crippen LogP contribution is -2.20. The average molecular weight is 285 g/mol. The SMILES string of the molecule is NC(=O)c1cc(NCC2CC3C=CC2C3)cc(C(N)=O)c1. The number of amides is 2. The number of rotatable bonds is 5. The van der Waals surface area contributed by atoms with Crippen LogP contribution >= 0.6 is 0 Å². The highest BCUT2D eigenvalue weighted by molar-refractivity contribution is 5.99. The number of primary amides is 2. The fraction of sp³-hybridized carbons (Fsp3) is 0.375. The molecule has 3 unspecified atom stereocenters. The van der Waals surface area contributed by atoms with E-state index in [1.54, 1.807) is 12.1 Å². The van der Waals surface area contributed by atoms with Crippen molar-refractivity contribution in [3.63, 3.8) is 0 Å². The molecule has 1 aromatic carbocycles. The Labute approximate surface area is 123 Å². The lowest BCUT2D eigenvalue weighted by atomic mass is 9.93. The molecular formula is C16H19N3O2. The molecule has 3 atom stereocenters. The fourth-order valence-electron chi connectivity index (χ4n) is 3.39. The minimum atomic E-state index is -0.566. The second kappa shape index (κ2) is 5.24. The Morgan fingerprint density at radius 2 is 1.71 bits per heavy atom. The second-order valence-corrected chi connectivity index (χ2v) is 5.95. The van der Waals surface area contributed by atoms with Gasteiger partial charge in [-0.1, -0.05) is 12.2 Å². The van der Waals surface area contributed by atoms with Gasteiger partial charge in [-0.25, -0.2) is 0 Å². The molecule has 2 bridgehead atoms. The zero-order chi connectivity index (χ0) is 15.0. The monoisotopic (exact) mass is 285 g/mol. The van der Waals surface area contributed by atoms with Crippen molar-refractivity contribution in [2.24, 2.45) is 29.2 Å². The van der Waals surface area contributed by atoms with Crippen LogP contribution < -0.4 is 16.8 Å². The van der Waals surface area contributed by atoms with Gasteiger partial charge in [-0.3, -0.25) is 9.59 Å². The van der Waals surface area contributed by atoms with E-state index in [1.807, 2.05) is 0 Å². The molecule has 1 saturated carbocycles. The average Bonchev–Trinajstić information content (AvgIpc) is 3.07. The van der Waals surface area contributed by atoms with Crippen molar-refractivity contribution in [1.82, 2.24) is 0 Å². The van der Waals surface area contributed by atoms with Crippen LogP contribution in [-0.2, 0) is 0 Å². The van der Waals surface area contributed by atoms with Crippen molar-refractivity contribution in [1.29, 1.82) is 0 Å². The van der Waals surface area contributed by atoms with Crippen molar-refractivity contribution < 1.29 is 9.59 Å². The number of anilines is 1. The van der Waals surface area contributed by atoms with E-state index in [4.69, 9.17) is 11.5 Å². The highest BCUT2D eigenvalue weighted by atomic mass is 16.1. The smallest absolute Gasteiger partial charge is 0.248 e. The summed E-state index contributed by atoms with van der Waals surface area (Å²) in [5.41, 5.74) is 11.9. The quantitative estimate of drug-likeness (QED) is 0.715. The minimum Gasteiger partial charge on any atom is -0.385 e. The molecule has 110 valence electrons. The Morgan fingerprint density at radius 3 is 2.19 bits per heavy atom. The molecule has 0 saturated heterocycles. The number of hydrogen-bond donors (Lipinski definition) is 3. The van der Waals surface area contributed by atoms with Gasteiger partial charge in [-0.05, 0) is 48.8 Å². The standard InChI is InChI=1S/C16H19N3O2/c17-15(20)11-5-12(16(18)21)7-14(6-11)19-8-13-4-9-1-2-10(13)3-9/h1-2,5-7,9-10,13,19H,3-4,8H2,(H2,17,20)(H2,18,21). The Bertz CT molecular complexity index is 592. The molecule has 0 heterocycles. The lowest BCUT2D eigenvalue weighted by molar-refractivity contribution is 0.0999. The van der Waals surface area contributed by atoms with Crippen molar-refractivity contribution >= 4 is 17.5 Å². The Kier molecular flexibility index (Phi) is 3.41. The summed E-state index contributed by atoms with van der Waals surface area (Å²) < 4.78 is 0. The first kappa shape index (κ1) is 13.7. The van der Waals surface area contributed by atoms with Crippen molar-refractivity contribution in [3.05, 3.63) is 41.5 Å². The summed E-state index contributed by atoms with van der Waals surface area (Å²) in [6.07, 6.45) is 7.06. The summed E-state index contributed by atoms with van der Waals surface area (Å²) in [6, 6.07) is 4.76. The van der Waals surface area contributed by atoms with E-state index in [0.717, 1.165) is 12.5 Å². The molecule has 5 nitrogen and oxygen atoms in total. The Morgan fingerprint density at radius 1 is 1.05 bits per heavy atom. The van der Waals surface area contributed by atoms with Gasteiger partial charge < -0.3 is 16.8 Å². The minimum absolute atomic E-state index is 0.293. The van der Waals surface area contributed by atoms with E-state index in [-0.39, 0.29) is 0 Å². The van der Waals surface area contributed by atoms with Gasteiger partial charge in [0.25, 0.3) is 0 Å². The van der Waals surface area contributed by atoms with Gasteiger partial charge in [0.2, 0.25) is 11.8 Å². The summed E-state index contributed by atoms with van der Waals surface area (Å²) in [6.45, 7) is 0.825. The molecule has 2 amide bonds. The van der Waals surface area contributed by atoms with Crippen LogP contribution in [0.25, 0.3) is 0 Å². The maximum absolute atomic E-state index is 11.3. The number of allylic oxidation sites excluding steroid dienone is 2. The van der Waals surface area contributed by atoms with E-state index in [1.165, 1.54) is 18.9 Å². The lowest BCUT2D eigenvalue weighted by Gasteiger charge is -2.19. The van der Waals surface area contributed by atoms with Crippen LogP contribution in [0.4, 0.5) is 5.69 Å². The third kappa shape index (κ3) is 2.77. The van der Waals surface area contributed by atoms with E-state index in [9.17, 15) is 9.59 Å². The topological polar surface area (TPSA) is 98.2 Å². The van der Waals surface area contributed by atoms with E-state index in [0.29, 0.717) is 28.7 Å². The number of carbonyl (C=O) groups excluding carboxylic acids is 2. The molecule has 0 spiro atoms. The summed E-state index contributed by atoms with van der Waals surface area (Å²) in [5, 5.41) is 3.31. The van der Waals surface area contributed by atoms with Crippen LogP contribution in [0.5, 0.6) is 0 Å². The molecule has 1 fully saturated rings. The molecular weight excluding hydrogens is 266 g/mol. The van der Waals surface area contributed by atoms with Gasteiger partial charge in [0.15, 0.2) is 0 Å². The van der Waals surface area contributed by atoms with Crippen molar-refractivity contribution in [3.8, 4) is 0 Å². The summed E-state index contributed by atoms with van der Waals surface area (Å²) in [7, 11) is 0. The maximum atomic E-state index is 11.3. The summed E-state index contributed by atoms with van der Waals surface area (Å²) in [4.78, 5) is 22.7. The molecule has 5 heteroatoms. The maximum Gasteiger partial charge on any atom is 0.248 e. The Hall–Kier alpha value is -2.30. The van der Waals surface area contributed by atoms with Crippen LogP contribution in [0.2, 0.25) is 0 Å². The third-order valence-electron chi connectivity index (χ3n) is 4.49. The van der Waals surface area contributed by atoms with Crippen molar-refractivity contribution in [2.45, 2.75) is 12.8 Å². The molecule has 5 N–H and O–H groups in total. The molecule has 2 aliphatic rings. The summed E-state index contributed by atoms with van der Waals surface area (Å²) >= 11 is 0. The van der Waals surface area contributed by atoms with Gasteiger partial charge in [0.05, 0.1) is 0 Å². The third-order valence-corrected chi connectivity index (χ3v) is 4.49.